The van der Waals surface area contributed by atoms with Gasteiger partial charge in [-0.3, -0.25) is 4.79 Å². The summed E-state index contributed by atoms with van der Waals surface area (Å²) < 4.78 is 5.02. The van der Waals surface area contributed by atoms with Crippen LogP contribution in [0.2, 0.25) is 0 Å². The first-order valence-electron chi connectivity index (χ1n) is 4.93. The maximum Gasteiger partial charge on any atom is 0.305 e. The number of hydrogen-bond acceptors (Lipinski definition) is 3. The van der Waals surface area contributed by atoms with Crippen molar-refractivity contribution in [3.05, 3.63) is 0 Å². The topological polar surface area (TPSA) is 29.5 Å². The molecule has 0 unspecified atom stereocenters. The zero-order valence-electron chi connectivity index (χ0n) is 9.17. The first-order valence-corrected chi connectivity index (χ1v) is 4.93. The smallest absolute Gasteiger partial charge is 0.305 e. The molecule has 13 heavy (non-hydrogen) atoms. The van der Waals surface area contributed by atoms with Crippen LogP contribution in [0.25, 0.3) is 0 Å². The number of rotatable bonds is 6. The van der Waals surface area contributed by atoms with Crippen LogP contribution in [-0.2, 0) is 9.53 Å². The summed E-state index contributed by atoms with van der Waals surface area (Å²) in [5, 5.41) is 0. The van der Waals surface area contributed by atoms with Gasteiger partial charge in [-0.2, -0.15) is 0 Å². The van der Waals surface area contributed by atoms with E-state index in [9.17, 15) is 4.79 Å². The Hall–Kier alpha value is -0.570. The largest absolute Gasteiger partial charge is 0.464 e. The summed E-state index contributed by atoms with van der Waals surface area (Å²) >= 11 is 0. The molecule has 0 aromatic heterocycles. The zero-order chi connectivity index (χ0) is 10.3. The van der Waals surface area contributed by atoms with Crippen molar-refractivity contribution in [2.24, 2.45) is 0 Å². The summed E-state index contributed by atoms with van der Waals surface area (Å²) in [6.07, 6.45) is 1.39. The normalized spacial score (nSPS) is 10.9. The van der Waals surface area contributed by atoms with Crippen LogP contribution in [0.5, 0.6) is 0 Å². The van der Waals surface area contributed by atoms with Crippen molar-refractivity contribution in [3.63, 3.8) is 0 Å². The highest BCUT2D eigenvalue weighted by Crippen LogP contribution is 1.95. The fourth-order valence-electron chi connectivity index (χ4n) is 0.838. The molecule has 0 N–H and O–H groups in total. The lowest BCUT2D eigenvalue weighted by Crippen LogP contribution is -2.30. The monoisotopic (exact) mass is 187 g/mol. The molecule has 78 valence electrons. The summed E-state index contributed by atoms with van der Waals surface area (Å²) in [5.41, 5.74) is 0. The summed E-state index contributed by atoms with van der Waals surface area (Å²) in [5.74, 6) is -0.0837. The molecule has 0 aliphatic heterocycles. The van der Waals surface area contributed by atoms with Gasteiger partial charge >= 0.3 is 5.97 Å². The fraction of sp³-hybridized carbons (Fsp3) is 0.900. The van der Waals surface area contributed by atoms with Gasteiger partial charge in [-0.25, -0.2) is 0 Å². The van der Waals surface area contributed by atoms with Gasteiger partial charge in [0, 0.05) is 19.0 Å². The van der Waals surface area contributed by atoms with E-state index in [1.807, 2.05) is 14.0 Å². The molecule has 0 saturated carbocycles. The van der Waals surface area contributed by atoms with Crippen LogP contribution in [0.15, 0.2) is 0 Å². The highest BCUT2D eigenvalue weighted by Gasteiger charge is 2.04. The molecule has 0 aliphatic rings. The molecule has 0 bridgehead atoms. The van der Waals surface area contributed by atoms with Crippen molar-refractivity contribution in [3.8, 4) is 0 Å². The van der Waals surface area contributed by atoms with E-state index in [4.69, 9.17) is 4.74 Å². The van der Waals surface area contributed by atoms with Crippen LogP contribution < -0.4 is 0 Å². The molecular formula is C10H21NO2. The average molecular weight is 187 g/mol. The van der Waals surface area contributed by atoms with Crippen molar-refractivity contribution in [2.75, 3.05) is 20.2 Å². The molecular weight excluding hydrogens is 166 g/mol. The molecule has 3 nitrogen and oxygen atoms in total. The second-order valence-corrected chi connectivity index (χ2v) is 3.54. The van der Waals surface area contributed by atoms with Gasteiger partial charge < -0.3 is 9.64 Å². The van der Waals surface area contributed by atoms with E-state index in [2.05, 4.69) is 18.7 Å². The minimum Gasteiger partial charge on any atom is -0.464 e. The third-order valence-corrected chi connectivity index (χ3v) is 2.04. The van der Waals surface area contributed by atoms with E-state index >= 15 is 0 Å². The minimum absolute atomic E-state index is 0.0837. The molecule has 0 spiro atoms. The van der Waals surface area contributed by atoms with Gasteiger partial charge in [-0.1, -0.05) is 6.92 Å². The molecule has 0 rings (SSSR count). The first kappa shape index (κ1) is 12.4. The Labute approximate surface area is 81.1 Å². The molecule has 0 saturated heterocycles. The van der Waals surface area contributed by atoms with Gasteiger partial charge in [0.2, 0.25) is 0 Å². The van der Waals surface area contributed by atoms with Gasteiger partial charge in [-0.05, 0) is 27.3 Å². The van der Waals surface area contributed by atoms with E-state index in [1.54, 1.807) is 0 Å². The highest BCUT2D eigenvalue weighted by atomic mass is 16.5. The van der Waals surface area contributed by atoms with Gasteiger partial charge in [0.25, 0.3) is 0 Å². The summed E-state index contributed by atoms with van der Waals surface area (Å²) in [6.45, 7) is 7.53. The predicted octanol–water partition coefficient (Wildman–Crippen LogP) is 1.67. The van der Waals surface area contributed by atoms with Crippen LogP contribution in [0.1, 0.15) is 33.6 Å². The van der Waals surface area contributed by atoms with E-state index in [0.29, 0.717) is 19.1 Å². The van der Waals surface area contributed by atoms with Crippen LogP contribution in [0.3, 0.4) is 0 Å². The lowest BCUT2D eigenvalue weighted by molar-refractivity contribution is -0.144. The van der Waals surface area contributed by atoms with Crippen molar-refractivity contribution in [1.29, 1.82) is 0 Å². The van der Waals surface area contributed by atoms with E-state index < -0.39 is 0 Å². The Morgan fingerprint density at radius 1 is 1.46 bits per heavy atom. The fourth-order valence-corrected chi connectivity index (χ4v) is 0.838. The standard InChI is InChI=1S/C10H21NO2/c1-5-6-10(12)13-8-7-11(4)9(2)3/h9H,5-8H2,1-4H3. The van der Waals surface area contributed by atoms with E-state index in [0.717, 1.165) is 13.0 Å². The number of ether oxygens (including phenoxy) is 1. The number of likely N-dealkylation sites (N-methyl/N-ethyl adjacent to an activating group) is 1. The van der Waals surface area contributed by atoms with Crippen LogP contribution in [0.4, 0.5) is 0 Å². The number of carbonyl (C=O) groups excluding carboxylic acids is 1. The van der Waals surface area contributed by atoms with Gasteiger partial charge in [0.15, 0.2) is 0 Å². The van der Waals surface area contributed by atoms with Crippen molar-refractivity contribution >= 4 is 5.97 Å². The van der Waals surface area contributed by atoms with Crippen LogP contribution in [-0.4, -0.2) is 37.1 Å². The second-order valence-electron chi connectivity index (χ2n) is 3.54. The van der Waals surface area contributed by atoms with Crippen molar-refractivity contribution in [2.45, 2.75) is 39.7 Å². The molecule has 0 aromatic carbocycles. The summed E-state index contributed by atoms with van der Waals surface area (Å²) in [7, 11) is 2.03. The molecule has 0 aromatic rings. The lowest BCUT2D eigenvalue weighted by Gasteiger charge is -2.20. The molecule has 0 amide bonds. The molecule has 0 aliphatic carbocycles. The number of esters is 1. The molecule has 0 heterocycles. The number of nitrogens with zero attached hydrogens (tertiary/aromatic N) is 1. The number of hydrogen-bond donors (Lipinski definition) is 0. The van der Waals surface area contributed by atoms with Gasteiger partial charge in [-0.15, -0.1) is 0 Å². The van der Waals surface area contributed by atoms with E-state index in [1.165, 1.54) is 0 Å². The first-order chi connectivity index (χ1) is 6.07. The van der Waals surface area contributed by atoms with Crippen molar-refractivity contribution < 1.29 is 9.53 Å². The maximum absolute atomic E-state index is 11.0. The molecule has 0 radical (unpaired) electrons. The predicted molar refractivity (Wildman–Crippen MR) is 53.6 cm³/mol. The molecule has 0 atom stereocenters. The zero-order valence-corrected chi connectivity index (χ0v) is 9.17. The highest BCUT2D eigenvalue weighted by molar-refractivity contribution is 5.69. The van der Waals surface area contributed by atoms with E-state index in [-0.39, 0.29) is 5.97 Å². The Morgan fingerprint density at radius 2 is 2.08 bits per heavy atom. The Balaban J connectivity index is 3.39. The van der Waals surface area contributed by atoms with Crippen LogP contribution in [0, 0.1) is 0 Å². The quantitative estimate of drug-likeness (QED) is 0.592. The molecule has 3 heteroatoms. The average Bonchev–Trinajstić information content (AvgIpc) is 2.04. The minimum atomic E-state index is -0.0837. The van der Waals surface area contributed by atoms with Crippen molar-refractivity contribution in [1.82, 2.24) is 4.90 Å². The van der Waals surface area contributed by atoms with Gasteiger partial charge in [0.05, 0.1) is 0 Å². The van der Waals surface area contributed by atoms with Gasteiger partial charge in [0.1, 0.15) is 6.61 Å². The SMILES string of the molecule is CCCC(=O)OCCN(C)C(C)C. The molecule has 0 fully saturated rings. The summed E-state index contributed by atoms with van der Waals surface area (Å²) in [6, 6.07) is 0.505. The third-order valence-electron chi connectivity index (χ3n) is 2.04. The number of carbonyl (C=O) groups is 1. The summed E-state index contributed by atoms with van der Waals surface area (Å²) in [4.78, 5) is 13.1. The maximum atomic E-state index is 11.0. The third kappa shape index (κ3) is 6.58. The Morgan fingerprint density at radius 3 is 2.54 bits per heavy atom. The lowest BCUT2D eigenvalue weighted by atomic mass is 10.3. The second kappa shape index (κ2) is 6.89. The van der Waals surface area contributed by atoms with Crippen LogP contribution >= 0.6 is 0 Å². The Kier molecular flexibility index (Phi) is 6.59. The Bertz CT molecular complexity index is 146.